The Balaban J connectivity index is 1.85. The van der Waals surface area contributed by atoms with Gasteiger partial charge in [0.1, 0.15) is 6.04 Å². The Kier molecular flexibility index (Phi) is 10.6. The fraction of sp³-hybridized carbons (Fsp3) is 0.355. The van der Waals surface area contributed by atoms with Crippen molar-refractivity contribution < 1.29 is 9.59 Å². The molecule has 3 aromatic rings. The van der Waals surface area contributed by atoms with Crippen LogP contribution in [0.1, 0.15) is 48.1 Å². The molecule has 0 radical (unpaired) electrons. The van der Waals surface area contributed by atoms with E-state index in [9.17, 15) is 9.59 Å². The van der Waals surface area contributed by atoms with E-state index < -0.39 is 6.04 Å². The van der Waals surface area contributed by atoms with Gasteiger partial charge in [-0.2, -0.15) is 0 Å². The van der Waals surface area contributed by atoms with Crippen molar-refractivity contribution >= 4 is 23.6 Å². The number of amides is 2. The van der Waals surface area contributed by atoms with E-state index in [1.165, 1.54) is 16.7 Å². The molecule has 0 unspecified atom stereocenters. The van der Waals surface area contributed by atoms with Crippen molar-refractivity contribution in [3.05, 3.63) is 107 Å². The average molecular weight is 503 g/mol. The summed E-state index contributed by atoms with van der Waals surface area (Å²) in [5, 5.41) is 3.13. The summed E-state index contributed by atoms with van der Waals surface area (Å²) in [6.45, 7) is 8.57. The van der Waals surface area contributed by atoms with E-state index in [1.54, 1.807) is 16.7 Å². The summed E-state index contributed by atoms with van der Waals surface area (Å²) in [7, 11) is 0. The van der Waals surface area contributed by atoms with Gasteiger partial charge in [-0.15, -0.1) is 11.8 Å². The summed E-state index contributed by atoms with van der Waals surface area (Å²) in [6, 6.07) is 26.0. The molecule has 190 valence electrons. The predicted molar refractivity (Wildman–Crippen MR) is 151 cm³/mol. The smallest absolute Gasteiger partial charge is 0.243 e. The first-order chi connectivity index (χ1) is 17.4. The molecule has 3 rings (SSSR count). The standard InChI is InChI=1S/C31H38N2O2S/c1-5-25(4)32-31(35)29(19-26-11-7-6-8-12-26)33(20-27-16-14-23(2)15-17-27)30(34)22-36-21-28-13-9-10-24(3)18-28/h6-18,25,29H,5,19-22H2,1-4H3,(H,32,35)/t25-,29+/m1/s1. The molecule has 0 bridgehead atoms. The second-order valence-corrected chi connectivity index (χ2v) is 10.5. The second kappa shape index (κ2) is 13.9. The lowest BCUT2D eigenvalue weighted by atomic mass is 10.0. The fourth-order valence-electron chi connectivity index (χ4n) is 4.03. The molecule has 2 atom stereocenters. The maximum atomic E-state index is 13.7. The van der Waals surface area contributed by atoms with Crippen LogP contribution in [0.4, 0.5) is 0 Å². The number of rotatable bonds is 12. The first-order valence-electron chi connectivity index (χ1n) is 12.7. The van der Waals surface area contributed by atoms with E-state index in [1.807, 2.05) is 69.3 Å². The van der Waals surface area contributed by atoms with Crippen LogP contribution in [0.3, 0.4) is 0 Å². The van der Waals surface area contributed by atoms with Crippen LogP contribution in [0, 0.1) is 13.8 Å². The number of nitrogens with one attached hydrogen (secondary N) is 1. The Morgan fingerprint density at radius 2 is 1.56 bits per heavy atom. The lowest BCUT2D eigenvalue weighted by Gasteiger charge is -2.32. The van der Waals surface area contributed by atoms with E-state index in [2.05, 4.69) is 42.6 Å². The number of hydrogen-bond acceptors (Lipinski definition) is 3. The Bertz CT molecular complexity index is 1110. The third kappa shape index (κ3) is 8.56. The molecule has 0 saturated carbocycles. The third-order valence-corrected chi connectivity index (χ3v) is 7.31. The molecular formula is C31H38N2O2S. The van der Waals surface area contributed by atoms with Crippen molar-refractivity contribution in [1.29, 1.82) is 0 Å². The number of carbonyl (C=O) groups excluding carboxylic acids is 2. The van der Waals surface area contributed by atoms with Crippen molar-refractivity contribution in [2.75, 3.05) is 5.75 Å². The van der Waals surface area contributed by atoms with Crippen LogP contribution in [-0.4, -0.2) is 34.6 Å². The number of benzene rings is 3. The minimum atomic E-state index is -0.588. The Hall–Kier alpha value is -3.05. The highest BCUT2D eigenvalue weighted by Crippen LogP contribution is 2.19. The first kappa shape index (κ1) is 27.5. The van der Waals surface area contributed by atoms with Gasteiger partial charge in [-0.3, -0.25) is 9.59 Å². The lowest BCUT2D eigenvalue weighted by molar-refractivity contribution is -0.139. The monoisotopic (exact) mass is 502 g/mol. The zero-order chi connectivity index (χ0) is 25.9. The highest BCUT2D eigenvalue weighted by atomic mass is 32.2. The molecule has 0 fully saturated rings. The minimum absolute atomic E-state index is 0.0199. The SMILES string of the molecule is CC[C@@H](C)NC(=O)[C@H](Cc1ccccc1)N(Cc1ccc(C)cc1)C(=O)CSCc1cccc(C)c1. The van der Waals surface area contributed by atoms with Crippen LogP contribution in [0.15, 0.2) is 78.9 Å². The maximum absolute atomic E-state index is 13.7. The van der Waals surface area contributed by atoms with Gasteiger partial charge in [0.25, 0.3) is 0 Å². The third-order valence-electron chi connectivity index (χ3n) is 6.32. The van der Waals surface area contributed by atoms with Crippen LogP contribution in [0.2, 0.25) is 0 Å². The maximum Gasteiger partial charge on any atom is 0.243 e. The van der Waals surface area contributed by atoms with Gasteiger partial charge in [0.05, 0.1) is 5.75 Å². The number of nitrogens with zero attached hydrogens (tertiary/aromatic N) is 1. The molecule has 0 aliphatic carbocycles. The molecule has 1 N–H and O–H groups in total. The quantitative estimate of drug-likeness (QED) is 0.326. The molecular weight excluding hydrogens is 464 g/mol. The van der Waals surface area contributed by atoms with Crippen LogP contribution in [0.5, 0.6) is 0 Å². The molecule has 5 heteroatoms. The van der Waals surface area contributed by atoms with Crippen molar-refractivity contribution in [1.82, 2.24) is 10.2 Å². The van der Waals surface area contributed by atoms with Gasteiger partial charge in [0.2, 0.25) is 11.8 Å². The van der Waals surface area contributed by atoms with Crippen molar-refractivity contribution in [3.63, 3.8) is 0 Å². The van der Waals surface area contributed by atoms with E-state index in [-0.39, 0.29) is 17.9 Å². The molecule has 2 amide bonds. The number of thioether (sulfide) groups is 1. The highest BCUT2D eigenvalue weighted by Gasteiger charge is 2.30. The second-order valence-electron chi connectivity index (χ2n) is 9.51. The van der Waals surface area contributed by atoms with Crippen molar-refractivity contribution in [3.8, 4) is 0 Å². The van der Waals surface area contributed by atoms with Crippen LogP contribution in [-0.2, 0) is 28.3 Å². The van der Waals surface area contributed by atoms with Crippen LogP contribution < -0.4 is 5.32 Å². The molecule has 0 aliphatic heterocycles. The van der Waals surface area contributed by atoms with Gasteiger partial charge in [0, 0.05) is 24.8 Å². The van der Waals surface area contributed by atoms with E-state index in [0.717, 1.165) is 23.3 Å². The minimum Gasteiger partial charge on any atom is -0.352 e. The van der Waals surface area contributed by atoms with Crippen LogP contribution >= 0.6 is 11.8 Å². The van der Waals surface area contributed by atoms with Gasteiger partial charge < -0.3 is 10.2 Å². The van der Waals surface area contributed by atoms with Crippen molar-refractivity contribution in [2.45, 2.75) is 64.9 Å². The van der Waals surface area contributed by atoms with Gasteiger partial charge in [-0.05, 0) is 43.9 Å². The zero-order valence-corrected chi connectivity index (χ0v) is 22.7. The van der Waals surface area contributed by atoms with Gasteiger partial charge in [-0.25, -0.2) is 0 Å². The molecule has 0 aromatic heterocycles. The summed E-state index contributed by atoms with van der Waals surface area (Å²) >= 11 is 1.60. The first-order valence-corrected chi connectivity index (χ1v) is 13.8. The Labute approximate surface area is 220 Å². The van der Waals surface area contributed by atoms with Crippen molar-refractivity contribution in [2.24, 2.45) is 0 Å². The van der Waals surface area contributed by atoms with Gasteiger partial charge in [0.15, 0.2) is 0 Å². The van der Waals surface area contributed by atoms with Gasteiger partial charge in [-0.1, -0.05) is 96.9 Å². The van der Waals surface area contributed by atoms with Crippen LogP contribution in [0.25, 0.3) is 0 Å². The summed E-state index contributed by atoms with van der Waals surface area (Å²) in [6.07, 6.45) is 1.31. The lowest BCUT2D eigenvalue weighted by Crippen LogP contribution is -2.52. The number of carbonyl (C=O) groups is 2. The Morgan fingerprint density at radius 1 is 0.861 bits per heavy atom. The molecule has 36 heavy (non-hydrogen) atoms. The predicted octanol–water partition coefficient (Wildman–Crippen LogP) is 6.09. The van der Waals surface area contributed by atoms with E-state index in [0.29, 0.717) is 18.7 Å². The summed E-state index contributed by atoms with van der Waals surface area (Å²) in [5.41, 5.74) is 5.64. The molecule has 0 spiro atoms. The topological polar surface area (TPSA) is 49.4 Å². The molecule has 0 heterocycles. The number of hydrogen-bond donors (Lipinski definition) is 1. The van der Waals surface area contributed by atoms with E-state index >= 15 is 0 Å². The highest BCUT2D eigenvalue weighted by molar-refractivity contribution is 7.99. The largest absolute Gasteiger partial charge is 0.352 e. The summed E-state index contributed by atoms with van der Waals surface area (Å²) in [5.74, 6) is 0.960. The zero-order valence-electron chi connectivity index (χ0n) is 21.9. The fourth-order valence-corrected chi connectivity index (χ4v) is 4.88. The molecule has 0 aliphatic rings. The number of aryl methyl sites for hydroxylation is 2. The normalized spacial score (nSPS) is 12.6. The van der Waals surface area contributed by atoms with E-state index in [4.69, 9.17) is 0 Å². The molecule has 4 nitrogen and oxygen atoms in total. The summed E-state index contributed by atoms with van der Waals surface area (Å²) in [4.78, 5) is 29.0. The van der Waals surface area contributed by atoms with Gasteiger partial charge >= 0.3 is 0 Å². The molecule has 0 saturated heterocycles. The molecule has 3 aromatic carbocycles. The average Bonchev–Trinajstić information content (AvgIpc) is 2.87. The Morgan fingerprint density at radius 3 is 2.22 bits per heavy atom. The summed E-state index contributed by atoms with van der Waals surface area (Å²) < 4.78 is 0.